The van der Waals surface area contributed by atoms with Gasteiger partial charge in [-0.2, -0.15) is 0 Å². The van der Waals surface area contributed by atoms with Crippen molar-refractivity contribution in [3.63, 3.8) is 0 Å². The van der Waals surface area contributed by atoms with E-state index in [-0.39, 0.29) is 12.0 Å². The molecule has 1 aromatic heterocycles. The lowest BCUT2D eigenvalue weighted by molar-refractivity contribution is -0.141. The van der Waals surface area contributed by atoms with E-state index in [0.29, 0.717) is 28.9 Å². The molecule has 162 valence electrons. The summed E-state index contributed by atoms with van der Waals surface area (Å²) in [6.45, 7) is 2.08. The predicted octanol–water partition coefficient (Wildman–Crippen LogP) is 1.75. The molecule has 3 aromatic rings. The average molecular weight is 425 g/mol. The molecule has 0 spiro atoms. The van der Waals surface area contributed by atoms with Gasteiger partial charge in [0.2, 0.25) is 0 Å². The molecule has 3 rings (SSSR count). The Kier molecular flexibility index (Phi) is 6.54. The van der Waals surface area contributed by atoms with Crippen molar-refractivity contribution in [1.82, 2.24) is 14.9 Å². The molecule has 1 unspecified atom stereocenters. The normalized spacial score (nSPS) is 11.7. The number of aromatic amines is 1. The van der Waals surface area contributed by atoms with Crippen LogP contribution in [0.1, 0.15) is 35.3 Å². The van der Waals surface area contributed by atoms with Crippen molar-refractivity contribution < 1.29 is 19.1 Å². The number of amides is 1. The van der Waals surface area contributed by atoms with E-state index in [1.54, 1.807) is 50.4 Å². The third-order valence-electron chi connectivity index (χ3n) is 4.98. The van der Waals surface area contributed by atoms with Crippen LogP contribution < -0.4 is 21.2 Å². The van der Waals surface area contributed by atoms with Crippen molar-refractivity contribution in [2.24, 2.45) is 0 Å². The van der Waals surface area contributed by atoms with Crippen LogP contribution in [0.15, 0.2) is 52.1 Å². The van der Waals surface area contributed by atoms with Gasteiger partial charge in [-0.25, -0.2) is 0 Å². The molecular formula is C22H23N3O6. The fraction of sp³-hybridized carbons (Fsp3) is 0.273. The molecule has 0 saturated heterocycles. The van der Waals surface area contributed by atoms with E-state index in [0.717, 1.165) is 0 Å². The van der Waals surface area contributed by atoms with E-state index >= 15 is 0 Å². The van der Waals surface area contributed by atoms with Gasteiger partial charge in [-0.1, -0.05) is 12.1 Å². The number of fused-ring (bicyclic) bond motifs is 1. The van der Waals surface area contributed by atoms with Crippen molar-refractivity contribution in [3.05, 3.63) is 74.3 Å². The highest BCUT2D eigenvalue weighted by Crippen LogP contribution is 2.22. The molecule has 2 N–H and O–H groups in total. The minimum atomic E-state index is -0.756. The molecule has 1 heterocycles. The SMILES string of the molecule is CCn1c(=O)c(=O)[nH]c2cc(C(=O)NC(CC(=O)OC)c3ccc(OC)cc3)ccc21. The number of rotatable bonds is 7. The van der Waals surface area contributed by atoms with Crippen molar-refractivity contribution >= 4 is 22.9 Å². The van der Waals surface area contributed by atoms with Gasteiger partial charge in [-0.15, -0.1) is 0 Å². The molecule has 1 amide bonds. The lowest BCUT2D eigenvalue weighted by Gasteiger charge is -2.19. The van der Waals surface area contributed by atoms with Crippen LogP contribution in [0.4, 0.5) is 0 Å². The number of H-pyrrole nitrogens is 1. The Hall–Kier alpha value is -3.88. The summed E-state index contributed by atoms with van der Waals surface area (Å²) in [7, 11) is 2.83. The summed E-state index contributed by atoms with van der Waals surface area (Å²) in [6, 6.07) is 11.0. The quantitative estimate of drug-likeness (QED) is 0.440. The first-order chi connectivity index (χ1) is 14.9. The Labute approximate surface area is 177 Å². The van der Waals surface area contributed by atoms with E-state index in [1.165, 1.54) is 17.7 Å². The molecule has 0 aliphatic carbocycles. The number of methoxy groups -OCH3 is 2. The Morgan fingerprint density at radius 2 is 1.81 bits per heavy atom. The molecule has 31 heavy (non-hydrogen) atoms. The molecular weight excluding hydrogens is 402 g/mol. The molecule has 0 fully saturated rings. The number of carbonyl (C=O) groups excluding carboxylic acids is 2. The van der Waals surface area contributed by atoms with Crippen LogP contribution in [0.2, 0.25) is 0 Å². The van der Waals surface area contributed by atoms with Gasteiger partial charge in [-0.05, 0) is 42.8 Å². The van der Waals surface area contributed by atoms with Gasteiger partial charge in [0.25, 0.3) is 5.91 Å². The van der Waals surface area contributed by atoms with E-state index in [2.05, 4.69) is 10.3 Å². The number of hydrogen-bond donors (Lipinski definition) is 2. The second-order valence-corrected chi connectivity index (χ2v) is 6.81. The number of esters is 1. The molecule has 0 aliphatic heterocycles. The maximum Gasteiger partial charge on any atom is 0.316 e. The number of ether oxygens (including phenoxy) is 2. The minimum Gasteiger partial charge on any atom is -0.497 e. The van der Waals surface area contributed by atoms with Gasteiger partial charge >= 0.3 is 17.1 Å². The summed E-state index contributed by atoms with van der Waals surface area (Å²) < 4.78 is 11.2. The monoisotopic (exact) mass is 425 g/mol. The van der Waals surface area contributed by atoms with E-state index in [4.69, 9.17) is 9.47 Å². The van der Waals surface area contributed by atoms with Crippen molar-refractivity contribution in [2.45, 2.75) is 25.9 Å². The molecule has 2 aromatic carbocycles. The zero-order chi connectivity index (χ0) is 22.5. The molecule has 0 radical (unpaired) electrons. The second-order valence-electron chi connectivity index (χ2n) is 6.81. The topological polar surface area (TPSA) is 119 Å². The molecule has 9 heteroatoms. The van der Waals surface area contributed by atoms with Gasteiger partial charge in [0.15, 0.2) is 0 Å². The summed E-state index contributed by atoms with van der Waals surface area (Å²) in [4.78, 5) is 51.2. The maximum atomic E-state index is 12.9. The van der Waals surface area contributed by atoms with Crippen LogP contribution in [0.25, 0.3) is 11.0 Å². The van der Waals surface area contributed by atoms with Crippen LogP contribution in [0, 0.1) is 0 Å². The fourth-order valence-corrected chi connectivity index (χ4v) is 3.31. The summed E-state index contributed by atoms with van der Waals surface area (Å²) in [5, 5.41) is 2.83. The van der Waals surface area contributed by atoms with Crippen molar-refractivity contribution in [3.8, 4) is 5.75 Å². The van der Waals surface area contributed by atoms with E-state index in [1.807, 2.05) is 0 Å². The number of nitrogens with one attached hydrogen (secondary N) is 2. The van der Waals surface area contributed by atoms with Gasteiger partial charge in [0.1, 0.15) is 5.75 Å². The first kappa shape index (κ1) is 21.8. The Bertz CT molecular complexity index is 1230. The van der Waals surface area contributed by atoms with Gasteiger partial charge < -0.3 is 24.3 Å². The predicted molar refractivity (Wildman–Crippen MR) is 114 cm³/mol. The smallest absolute Gasteiger partial charge is 0.316 e. The first-order valence-corrected chi connectivity index (χ1v) is 9.66. The largest absolute Gasteiger partial charge is 0.497 e. The maximum absolute atomic E-state index is 12.9. The number of benzene rings is 2. The zero-order valence-electron chi connectivity index (χ0n) is 17.4. The third kappa shape index (κ3) is 4.66. The molecule has 9 nitrogen and oxygen atoms in total. The number of carbonyl (C=O) groups is 2. The summed E-state index contributed by atoms with van der Waals surface area (Å²) >= 11 is 0. The standard InChI is InChI=1S/C22H23N3O6/c1-4-25-18-10-7-14(11-17(18)24-21(28)22(25)29)20(27)23-16(12-19(26)31-3)13-5-8-15(30-2)9-6-13/h5-11,16H,4,12H2,1-3H3,(H,23,27)(H,24,28). The van der Waals surface area contributed by atoms with E-state index in [9.17, 15) is 19.2 Å². The van der Waals surface area contributed by atoms with Gasteiger partial charge in [0, 0.05) is 12.1 Å². The molecule has 0 bridgehead atoms. The summed E-state index contributed by atoms with van der Waals surface area (Å²) in [5.74, 6) is -0.273. The highest BCUT2D eigenvalue weighted by Gasteiger charge is 2.20. The van der Waals surface area contributed by atoms with Crippen LogP contribution in [-0.4, -0.2) is 35.6 Å². The van der Waals surface area contributed by atoms with Crippen LogP contribution in [0.3, 0.4) is 0 Å². The number of hydrogen-bond acceptors (Lipinski definition) is 6. The molecule has 0 aliphatic rings. The van der Waals surface area contributed by atoms with Crippen molar-refractivity contribution in [2.75, 3.05) is 14.2 Å². The minimum absolute atomic E-state index is 0.0612. The lowest BCUT2D eigenvalue weighted by atomic mass is 10.0. The highest BCUT2D eigenvalue weighted by atomic mass is 16.5. The number of nitrogens with zero attached hydrogens (tertiary/aromatic N) is 1. The summed E-state index contributed by atoms with van der Waals surface area (Å²) in [6.07, 6.45) is -0.0612. The Balaban J connectivity index is 1.94. The van der Waals surface area contributed by atoms with Crippen LogP contribution in [0.5, 0.6) is 5.75 Å². The summed E-state index contributed by atoms with van der Waals surface area (Å²) in [5.41, 5.74) is 0.456. The fourth-order valence-electron chi connectivity index (χ4n) is 3.31. The van der Waals surface area contributed by atoms with Gasteiger partial charge in [-0.3, -0.25) is 19.2 Å². The number of aromatic nitrogens is 2. The first-order valence-electron chi connectivity index (χ1n) is 9.66. The number of aryl methyl sites for hydroxylation is 1. The Morgan fingerprint density at radius 1 is 1.10 bits per heavy atom. The van der Waals surface area contributed by atoms with Crippen LogP contribution in [-0.2, 0) is 16.1 Å². The Morgan fingerprint density at radius 3 is 2.42 bits per heavy atom. The molecule has 0 saturated carbocycles. The highest BCUT2D eigenvalue weighted by molar-refractivity contribution is 5.97. The second kappa shape index (κ2) is 9.29. The lowest BCUT2D eigenvalue weighted by Crippen LogP contribution is -2.36. The van der Waals surface area contributed by atoms with Crippen molar-refractivity contribution in [1.29, 1.82) is 0 Å². The zero-order valence-corrected chi connectivity index (χ0v) is 17.4. The van der Waals surface area contributed by atoms with Gasteiger partial charge in [0.05, 0.1) is 37.7 Å². The van der Waals surface area contributed by atoms with E-state index < -0.39 is 29.0 Å². The average Bonchev–Trinajstić information content (AvgIpc) is 2.79. The molecule has 1 atom stereocenters. The van der Waals surface area contributed by atoms with Crippen LogP contribution >= 0.6 is 0 Å². The third-order valence-corrected chi connectivity index (χ3v) is 4.98.